The lowest BCUT2D eigenvalue weighted by Gasteiger charge is -2.33. The lowest BCUT2D eigenvalue weighted by atomic mass is 9.76. The molecule has 2 atom stereocenters. The van der Waals surface area contributed by atoms with Crippen molar-refractivity contribution in [2.75, 3.05) is 0 Å². The highest BCUT2D eigenvalue weighted by Crippen LogP contribution is 2.32. The number of hydrogen-bond donors (Lipinski definition) is 2. The first kappa shape index (κ1) is 16.1. The molecule has 108 valence electrons. The summed E-state index contributed by atoms with van der Waals surface area (Å²) in [5.41, 5.74) is -0.915. The van der Waals surface area contributed by atoms with Crippen LogP contribution in [0.1, 0.15) is 47.0 Å². The SMILES string of the molecule is CC1=CCC(C(C)(O)CC=CC(C)(C)OO)CC1=O. The number of aliphatic hydroxyl groups is 1. The van der Waals surface area contributed by atoms with E-state index < -0.39 is 11.2 Å². The maximum absolute atomic E-state index is 11.7. The van der Waals surface area contributed by atoms with Gasteiger partial charge in [-0.15, -0.1) is 0 Å². The molecule has 1 rings (SSSR count). The van der Waals surface area contributed by atoms with Gasteiger partial charge in [0, 0.05) is 6.42 Å². The smallest absolute Gasteiger partial charge is 0.158 e. The Balaban J connectivity index is 2.65. The van der Waals surface area contributed by atoms with Crippen LogP contribution in [0.2, 0.25) is 0 Å². The molecule has 2 unspecified atom stereocenters. The van der Waals surface area contributed by atoms with Gasteiger partial charge in [-0.2, -0.15) is 0 Å². The Labute approximate surface area is 114 Å². The highest BCUT2D eigenvalue weighted by Gasteiger charge is 2.34. The molecule has 1 aliphatic carbocycles. The molecule has 0 radical (unpaired) electrons. The van der Waals surface area contributed by atoms with Crippen LogP contribution >= 0.6 is 0 Å². The van der Waals surface area contributed by atoms with Crippen molar-refractivity contribution in [3.8, 4) is 0 Å². The van der Waals surface area contributed by atoms with Gasteiger partial charge < -0.3 is 5.11 Å². The van der Waals surface area contributed by atoms with Crippen LogP contribution in [0.4, 0.5) is 0 Å². The van der Waals surface area contributed by atoms with Crippen molar-refractivity contribution < 1.29 is 20.0 Å². The fraction of sp³-hybridized carbons (Fsp3) is 0.667. The van der Waals surface area contributed by atoms with E-state index in [1.807, 2.05) is 13.0 Å². The number of hydrogen-bond acceptors (Lipinski definition) is 4. The molecule has 0 fully saturated rings. The van der Waals surface area contributed by atoms with Crippen LogP contribution in [-0.4, -0.2) is 27.3 Å². The van der Waals surface area contributed by atoms with Crippen LogP contribution in [-0.2, 0) is 9.68 Å². The van der Waals surface area contributed by atoms with E-state index in [-0.39, 0.29) is 11.7 Å². The summed E-state index contributed by atoms with van der Waals surface area (Å²) in [4.78, 5) is 16.0. The van der Waals surface area contributed by atoms with Crippen LogP contribution in [0.25, 0.3) is 0 Å². The largest absolute Gasteiger partial charge is 0.390 e. The van der Waals surface area contributed by atoms with Crippen LogP contribution in [0.5, 0.6) is 0 Å². The molecule has 0 amide bonds. The Bertz CT molecular complexity index is 391. The van der Waals surface area contributed by atoms with E-state index >= 15 is 0 Å². The standard InChI is InChI=1S/C15H24O4/c1-11-6-7-12(10-13(11)16)15(4,17)9-5-8-14(2,3)19-18/h5-6,8,12,17-18H,7,9-10H2,1-4H3. The van der Waals surface area contributed by atoms with Gasteiger partial charge in [0.15, 0.2) is 5.78 Å². The number of allylic oxidation sites excluding steroid dienone is 2. The van der Waals surface area contributed by atoms with Gasteiger partial charge in [-0.25, -0.2) is 4.89 Å². The van der Waals surface area contributed by atoms with E-state index in [9.17, 15) is 9.90 Å². The molecule has 0 aromatic heterocycles. The van der Waals surface area contributed by atoms with Crippen molar-refractivity contribution >= 4 is 5.78 Å². The quantitative estimate of drug-likeness (QED) is 0.457. The third kappa shape index (κ3) is 4.56. The summed E-state index contributed by atoms with van der Waals surface area (Å²) in [6.07, 6.45) is 6.92. The lowest BCUT2D eigenvalue weighted by Crippen LogP contribution is -2.37. The van der Waals surface area contributed by atoms with Gasteiger partial charge in [0.05, 0.1) is 5.60 Å². The Morgan fingerprint density at radius 1 is 1.47 bits per heavy atom. The Morgan fingerprint density at radius 3 is 2.63 bits per heavy atom. The summed E-state index contributed by atoms with van der Waals surface area (Å²) in [6, 6.07) is 0. The van der Waals surface area contributed by atoms with Crippen molar-refractivity contribution in [2.24, 2.45) is 5.92 Å². The molecular formula is C15H24O4. The van der Waals surface area contributed by atoms with Gasteiger partial charge in [0.2, 0.25) is 0 Å². The van der Waals surface area contributed by atoms with E-state index in [0.717, 1.165) is 12.0 Å². The molecule has 0 bridgehead atoms. The first-order valence-electron chi connectivity index (χ1n) is 6.60. The Morgan fingerprint density at radius 2 is 2.11 bits per heavy atom. The zero-order chi connectivity index (χ0) is 14.7. The molecule has 4 heteroatoms. The molecule has 0 spiro atoms. The second-order valence-electron chi connectivity index (χ2n) is 6.11. The fourth-order valence-electron chi connectivity index (χ4n) is 2.15. The minimum absolute atomic E-state index is 0.0634. The fourth-order valence-corrected chi connectivity index (χ4v) is 2.15. The number of rotatable bonds is 5. The topological polar surface area (TPSA) is 66.8 Å². The minimum Gasteiger partial charge on any atom is -0.390 e. The van der Waals surface area contributed by atoms with E-state index in [2.05, 4.69) is 4.89 Å². The summed E-state index contributed by atoms with van der Waals surface area (Å²) in [5.74, 6) is 0.0473. The average Bonchev–Trinajstić information content (AvgIpc) is 2.32. The maximum atomic E-state index is 11.7. The molecule has 0 saturated heterocycles. The van der Waals surface area contributed by atoms with Crippen LogP contribution < -0.4 is 0 Å². The third-order valence-electron chi connectivity index (χ3n) is 3.75. The molecule has 19 heavy (non-hydrogen) atoms. The minimum atomic E-state index is -0.936. The van der Waals surface area contributed by atoms with Crippen LogP contribution in [0, 0.1) is 5.92 Å². The Hall–Kier alpha value is -0.970. The molecule has 2 N–H and O–H groups in total. The predicted molar refractivity (Wildman–Crippen MR) is 73.7 cm³/mol. The number of Topliss-reactive ketones (excluding diaryl/α,β-unsaturated/α-hetero) is 1. The van der Waals surface area contributed by atoms with Crippen molar-refractivity contribution in [3.05, 3.63) is 23.8 Å². The zero-order valence-electron chi connectivity index (χ0n) is 12.1. The molecule has 0 saturated carbocycles. The molecule has 0 aromatic rings. The van der Waals surface area contributed by atoms with Gasteiger partial charge >= 0.3 is 0 Å². The summed E-state index contributed by atoms with van der Waals surface area (Å²) in [5, 5.41) is 19.1. The predicted octanol–water partition coefficient (Wildman–Crippen LogP) is 2.88. The first-order valence-corrected chi connectivity index (χ1v) is 6.60. The summed E-state index contributed by atoms with van der Waals surface area (Å²) < 4.78 is 0. The van der Waals surface area contributed by atoms with Gasteiger partial charge in [0.25, 0.3) is 0 Å². The molecule has 0 aromatic carbocycles. The van der Waals surface area contributed by atoms with Crippen molar-refractivity contribution in [1.29, 1.82) is 0 Å². The number of ketones is 1. The van der Waals surface area contributed by atoms with E-state index in [1.54, 1.807) is 32.9 Å². The number of carbonyl (C=O) groups is 1. The van der Waals surface area contributed by atoms with Gasteiger partial charge in [0.1, 0.15) is 5.60 Å². The molecular weight excluding hydrogens is 244 g/mol. The molecule has 0 heterocycles. The highest BCUT2D eigenvalue weighted by molar-refractivity contribution is 5.95. The monoisotopic (exact) mass is 268 g/mol. The third-order valence-corrected chi connectivity index (χ3v) is 3.75. The van der Waals surface area contributed by atoms with Gasteiger partial charge in [-0.3, -0.25) is 10.1 Å². The Kier molecular flexibility index (Phi) is 5.07. The van der Waals surface area contributed by atoms with Crippen molar-refractivity contribution in [3.63, 3.8) is 0 Å². The highest BCUT2D eigenvalue weighted by atomic mass is 17.1. The summed E-state index contributed by atoms with van der Waals surface area (Å²) in [6.45, 7) is 6.99. The maximum Gasteiger partial charge on any atom is 0.158 e. The summed E-state index contributed by atoms with van der Waals surface area (Å²) in [7, 11) is 0. The zero-order valence-corrected chi connectivity index (χ0v) is 12.1. The van der Waals surface area contributed by atoms with Gasteiger partial charge in [-0.1, -0.05) is 18.2 Å². The van der Waals surface area contributed by atoms with Gasteiger partial charge in [-0.05, 0) is 52.0 Å². The second-order valence-corrected chi connectivity index (χ2v) is 6.11. The van der Waals surface area contributed by atoms with E-state index in [0.29, 0.717) is 12.8 Å². The summed E-state index contributed by atoms with van der Waals surface area (Å²) >= 11 is 0. The van der Waals surface area contributed by atoms with E-state index in [4.69, 9.17) is 5.26 Å². The van der Waals surface area contributed by atoms with E-state index in [1.165, 1.54) is 0 Å². The first-order chi connectivity index (χ1) is 8.68. The number of carbonyl (C=O) groups excluding carboxylic acids is 1. The molecule has 0 aliphatic heterocycles. The van der Waals surface area contributed by atoms with Crippen molar-refractivity contribution in [1.82, 2.24) is 0 Å². The van der Waals surface area contributed by atoms with Crippen LogP contribution in [0.3, 0.4) is 0 Å². The second kappa shape index (κ2) is 5.99. The average molecular weight is 268 g/mol. The molecule has 1 aliphatic rings. The van der Waals surface area contributed by atoms with Crippen LogP contribution in [0.15, 0.2) is 23.8 Å². The van der Waals surface area contributed by atoms with Crippen molar-refractivity contribution in [2.45, 2.75) is 58.2 Å². The molecule has 4 nitrogen and oxygen atoms in total. The lowest BCUT2D eigenvalue weighted by molar-refractivity contribution is -0.297. The normalized spacial score (nSPS) is 24.4.